The highest BCUT2D eigenvalue weighted by Crippen LogP contribution is 2.15. The minimum atomic E-state index is -0.453. The van der Waals surface area contributed by atoms with Gasteiger partial charge in [-0.1, -0.05) is 0 Å². The predicted molar refractivity (Wildman–Crippen MR) is 53.5 cm³/mol. The average Bonchev–Trinajstić information content (AvgIpc) is 2.72. The number of rotatable bonds is 5. The van der Waals surface area contributed by atoms with Crippen LogP contribution in [0.1, 0.15) is 18.8 Å². The lowest BCUT2D eigenvalue weighted by atomic mass is 10.3. The predicted octanol–water partition coefficient (Wildman–Crippen LogP) is 1.71. The van der Waals surface area contributed by atoms with Crippen molar-refractivity contribution in [1.29, 1.82) is 0 Å². The molecule has 1 N–H and O–H groups in total. The lowest BCUT2D eigenvalue weighted by Gasteiger charge is -2.13. The molecule has 0 aliphatic rings. The molecule has 0 aromatic carbocycles. The van der Waals surface area contributed by atoms with Gasteiger partial charge >= 0.3 is 6.09 Å². The molecule has 0 spiro atoms. The van der Waals surface area contributed by atoms with Gasteiger partial charge in [0.25, 0.3) is 0 Å². The summed E-state index contributed by atoms with van der Waals surface area (Å²) in [5, 5.41) is 2.58. The highest BCUT2D eigenvalue weighted by atomic mass is 16.5. The normalized spacial score (nSPS) is 12.1. The molecule has 0 radical (unpaired) electrons. The van der Waals surface area contributed by atoms with Gasteiger partial charge in [-0.3, -0.25) is 0 Å². The fourth-order valence-electron chi connectivity index (χ4n) is 1.13. The highest BCUT2D eigenvalue weighted by Gasteiger charge is 2.14. The molecular formula is C10H15NO4. The Kier molecular flexibility index (Phi) is 4.70. The van der Waals surface area contributed by atoms with E-state index >= 15 is 0 Å². The molecule has 0 saturated carbocycles. The first-order valence-corrected chi connectivity index (χ1v) is 4.74. The first-order chi connectivity index (χ1) is 7.27. The molecule has 1 heterocycles. The second-order valence-electron chi connectivity index (χ2n) is 2.84. The third-order valence-corrected chi connectivity index (χ3v) is 1.85. The van der Waals surface area contributed by atoms with Crippen molar-refractivity contribution in [3.05, 3.63) is 24.2 Å². The lowest BCUT2D eigenvalue weighted by molar-refractivity contribution is 0.0793. The summed E-state index contributed by atoms with van der Waals surface area (Å²) >= 11 is 0. The molecule has 84 valence electrons. The number of hydrogen-bond donors (Lipinski definition) is 1. The number of carbonyl (C=O) groups is 1. The molecule has 0 saturated heterocycles. The van der Waals surface area contributed by atoms with E-state index in [9.17, 15) is 4.79 Å². The average molecular weight is 213 g/mol. The minimum Gasteiger partial charge on any atom is -0.467 e. The van der Waals surface area contributed by atoms with Gasteiger partial charge in [0.15, 0.2) is 0 Å². The Bertz CT molecular complexity index is 284. The zero-order valence-electron chi connectivity index (χ0n) is 8.86. The summed E-state index contributed by atoms with van der Waals surface area (Å²) < 4.78 is 15.0. The monoisotopic (exact) mass is 213 g/mol. The Hall–Kier alpha value is -1.49. The summed E-state index contributed by atoms with van der Waals surface area (Å²) in [6.07, 6.45) is 0.821. The van der Waals surface area contributed by atoms with E-state index in [1.807, 2.05) is 0 Å². The highest BCUT2D eigenvalue weighted by molar-refractivity contribution is 5.67. The van der Waals surface area contributed by atoms with Crippen molar-refractivity contribution in [2.75, 3.05) is 20.3 Å². The first kappa shape index (κ1) is 11.6. The van der Waals surface area contributed by atoms with Gasteiger partial charge in [-0.25, -0.2) is 4.79 Å². The minimum absolute atomic E-state index is 0.288. The second-order valence-corrected chi connectivity index (χ2v) is 2.84. The van der Waals surface area contributed by atoms with Crippen molar-refractivity contribution in [3.63, 3.8) is 0 Å². The summed E-state index contributed by atoms with van der Waals surface area (Å²) in [4.78, 5) is 11.0. The van der Waals surface area contributed by atoms with Gasteiger partial charge in [-0.15, -0.1) is 0 Å². The summed E-state index contributed by atoms with van der Waals surface area (Å²) in [7, 11) is 1.56. The number of hydrogen-bond acceptors (Lipinski definition) is 4. The molecule has 1 rings (SSSR count). The van der Waals surface area contributed by atoms with E-state index in [4.69, 9.17) is 13.9 Å². The molecule has 0 fully saturated rings. The van der Waals surface area contributed by atoms with E-state index < -0.39 is 6.09 Å². The SMILES string of the molecule is CCOC(=O)NCC(OC)c1ccco1. The largest absolute Gasteiger partial charge is 0.467 e. The molecule has 0 aliphatic carbocycles. The summed E-state index contributed by atoms with van der Waals surface area (Å²) in [5.41, 5.74) is 0. The van der Waals surface area contributed by atoms with Crippen molar-refractivity contribution in [3.8, 4) is 0 Å². The van der Waals surface area contributed by atoms with Crippen LogP contribution in [0.25, 0.3) is 0 Å². The van der Waals surface area contributed by atoms with E-state index in [0.29, 0.717) is 18.9 Å². The van der Waals surface area contributed by atoms with Crippen molar-refractivity contribution in [2.45, 2.75) is 13.0 Å². The van der Waals surface area contributed by atoms with E-state index in [0.717, 1.165) is 0 Å². The van der Waals surface area contributed by atoms with Gasteiger partial charge in [0.2, 0.25) is 0 Å². The van der Waals surface area contributed by atoms with Crippen LogP contribution in [0.4, 0.5) is 4.79 Å². The fraction of sp³-hybridized carbons (Fsp3) is 0.500. The summed E-state index contributed by atoms with van der Waals surface area (Å²) in [5.74, 6) is 0.675. The van der Waals surface area contributed by atoms with E-state index in [-0.39, 0.29) is 6.10 Å². The van der Waals surface area contributed by atoms with Crippen LogP contribution in [0.5, 0.6) is 0 Å². The second kappa shape index (κ2) is 6.08. The first-order valence-electron chi connectivity index (χ1n) is 4.74. The Morgan fingerprint density at radius 2 is 2.47 bits per heavy atom. The van der Waals surface area contributed by atoms with Crippen LogP contribution in [0.3, 0.4) is 0 Å². The Labute approximate surface area is 88.4 Å². The topological polar surface area (TPSA) is 60.7 Å². The van der Waals surface area contributed by atoms with Crippen LogP contribution < -0.4 is 5.32 Å². The van der Waals surface area contributed by atoms with Crippen LogP contribution >= 0.6 is 0 Å². The van der Waals surface area contributed by atoms with Gasteiger partial charge in [-0.05, 0) is 19.1 Å². The molecule has 1 aromatic heterocycles. The maximum atomic E-state index is 11.0. The number of furan rings is 1. The molecule has 0 aliphatic heterocycles. The number of carbonyl (C=O) groups excluding carboxylic acids is 1. The number of methoxy groups -OCH3 is 1. The molecule has 5 heteroatoms. The Balaban J connectivity index is 2.38. The number of alkyl carbamates (subject to hydrolysis) is 1. The Morgan fingerprint density at radius 3 is 3.00 bits per heavy atom. The maximum Gasteiger partial charge on any atom is 0.407 e. The number of nitrogens with one attached hydrogen (secondary N) is 1. The third-order valence-electron chi connectivity index (χ3n) is 1.85. The molecule has 15 heavy (non-hydrogen) atoms. The van der Waals surface area contributed by atoms with Crippen molar-refractivity contribution < 1.29 is 18.7 Å². The van der Waals surface area contributed by atoms with Crippen LogP contribution in [0.2, 0.25) is 0 Å². The van der Waals surface area contributed by atoms with E-state index in [1.54, 1.807) is 32.4 Å². The number of amides is 1. The van der Waals surface area contributed by atoms with Gasteiger partial charge in [-0.2, -0.15) is 0 Å². The molecule has 1 atom stereocenters. The zero-order chi connectivity index (χ0) is 11.1. The van der Waals surface area contributed by atoms with Gasteiger partial charge in [0, 0.05) is 7.11 Å². The van der Waals surface area contributed by atoms with Crippen molar-refractivity contribution in [2.24, 2.45) is 0 Å². The van der Waals surface area contributed by atoms with Crippen LogP contribution in [-0.4, -0.2) is 26.4 Å². The van der Waals surface area contributed by atoms with Crippen LogP contribution in [0.15, 0.2) is 22.8 Å². The maximum absolute atomic E-state index is 11.0. The summed E-state index contributed by atoms with van der Waals surface area (Å²) in [6, 6.07) is 3.56. The van der Waals surface area contributed by atoms with E-state index in [2.05, 4.69) is 5.32 Å². The van der Waals surface area contributed by atoms with E-state index in [1.165, 1.54) is 0 Å². The van der Waals surface area contributed by atoms with Crippen molar-refractivity contribution >= 4 is 6.09 Å². The zero-order valence-corrected chi connectivity index (χ0v) is 8.86. The fourth-order valence-corrected chi connectivity index (χ4v) is 1.13. The lowest BCUT2D eigenvalue weighted by Crippen LogP contribution is -2.29. The molecule has 1 amide bonds. The molecule has 0 bridgehead atoms. The quantitative estimate of drug-likeness (QED) is 0.808. The third kappa shape index (κ3) is 3.63. The van der Waals surface area contributed by atoms with Gasteiger partial charge in [0.1, 0.15) is 11.9 Å². The smallest absolute Gasteiger partial charge is 0.407 e. The molecule has 1 aromatic rings. The van der Waals surface area contributed by atoms with Crippen LogP contribution in [0, 0.1) is 0 Å². The van der Waals surface area contributed by atoms with Gasteiger partial charge < -0.3 is 19.2 Å². The van der Waals surface area contributed by atoms with Crippen LogP contribution in [-0.2, 0) is 9.47 Å². The number of ether oxygens (including phenoxy) is 2. The standard InChI is InChI=1S/C10H15NO4/c1-3-14-10(12)11-7-9(13-2)8-5-4-6-15-8/h4-6,9H,3,7H2,1-2H3,(H,11,12). The summed E-state index contributed by atoms with van der Waals surface area (Å²) in [6.45, 7) is 2.42. The molecule has 5 nitrogen and oxygen atoms in total. The Morgan fingerprint density at radius 1 is 1.67 bits per heavy atom. The van der Waals surface area contributed by atoms with Gasteiger partial charge in [0.05, 0.1) is 19.4 Å². The molecular weight excluding hydrogens is 198 g/mol. The molecule has 1 unspecified atom stereocenters. The van der Waals surface area contributed by atoms with Crippen molar-refractivity contribution in [1.82, 2.24) is 5.32 Å².